The van der Waals surface area contributed by atoms with E-state index in [9.17, 15) is 0 Å². The molecule has 29 heavy (non-hydrogen) atoms. The molecular formula is C23H19Cl2N3S. The summed E-state index contributed by atoms with van der Waals surface area (Å²) in [4.78, 5) is 9.48. The summed E-state index contributed by atoms with van der Waals surface area (Å²) in [7, 11) is 0. The van der Waals surface area contributed by atoms with E-state index in [0.29, 0.717) is 10.0 Å². The number of imidazole rings is 1. The number of pyridine rings is 1. The van der Waals surface area contributed by atoms with E-state index in [1.165, 1.54) is 11.1 Å². The Hall–Kier alpha value is -2.27. The number of benzene rings is 2. The highest BCUT2D eigenvalue weighted by Crippen LogP contribution is 2.30. The first-order valence-electron chi connectivity index (χ1n) is 9.16. The molecule has 2 aromatic carbocycles. The summed E-state index contributed by atoms with van der Waals surface area (Å²) in [6, 6.07) is 17.7. The van der Waals surface area contributed by atoms with Crippen molar-refractivity contribution in [2.75, 3.05) is 0 Å². The van der Waals surface area contributed by atoms with Gasteiger partial charge in [0.05, 0.1) is 11.4 Å². The third-order valence-corrected chi connectivity index (χ3v) is 6.05. The normalized spacial score (nSPS) is 11.0. The molecule has 2 aromatic heterocycles. The minimum atomic E-state index is 0.709. The molecule has 0 aliphatic heterocycles. The number of nitrogens with zero attached hydrogens (tertiary/aromatic N) is 3. The molecule has 146 valence electrons. The summed E-state index contributed by atoms with van der Waals surface area (Å²) in [5.74, 6) is 0.747. The van der Waals surface area contributed by atoms with Crippen LogP contribution in [0.1, 0.15) is 16.8 Å². The Balaban J connectivity index is 1.70. The van der Waals surface area contributed by atoms with Gasteiger partial charge in [-0.15, -0.1) is 0 Å². The molecule has 6 heteroatoms. The fourth-order valence-corrected chi connectivity index (χ4v) is 4.32. The van der Waals surface area contributed by atoms with Gasteiger partial charge < -0.3 is 0 Å². The van der Waals surface area contributed by atoms with Gasteiger partial charge in [-0.1, -0.05) is 53.2 Å². The number of halogens is 2. The third-order valence-electron chi connectivity index (χ3n) is 4.58. The van der Waals surface area contributed by atoms with Crippen LogP contribution in [0.2, 0.25) is 10.0 Å². The second-order valence-corrected chi connectivity index (χ2v) is 8.64. The van der Waals surface area contributed by atoms with Gasteiger partial charge in [0, 0.05) is 39.4 Å². The van der Waals surface area contributed by atoms with E-state index in [0.717, 1.165) is 33.5 Å². The lowest BCUT2D eigenvalue weighted by atomic mass is 10.2. The van der Waals surface area contributed by atoms with Crippen molar-refractivity contribution in [3.63, 3.8) is 0 Å². The first kappa shape index (κ1) is 20.0. The van der Waals surface area contributed by atoms with Crippen LogP contribution in [0.3, 0.4) is 0 Å². The lowest BCUT2D eigenvalue weighted by molar-refractivity contribution is 0.894. The molecule has 0 fully saturated rings. The lowest BCUT2D eigenvalue weighted by Crippen LogP contribution is -1.97. The van der Waals surface area contributed by atoms with Crippen LogP contribution in [0.4, 0.5) is 0 Å². The van der Waals surface area contributed by atoms with Crippen LogP contribution in [-0.4, -0.2) is 14.5 Å². The summed E-state index contributed by atoms with van der Waals surface area (Å²) in [5, 5.41) is 2.32. The standard InChI is InChI=1S/C23H19Cl2N3S/c1-15-11-16(2)22(26-12-15)14-29-23-27-21(17-3-5-18(24)6-4-17)13-28(23)20-9-7-19(25)8-10-20/h3-13H,14H2,1-2H3. The van der Waals surface area contributed by atoms with Crippen LogP contribution in [0.5, 0.6) is 0 Å². The number of rotatable bonds is 5. The summed E-state index contributed by atoms with van der Waals surface area (Å²) < 4.78 is 2.09. The molecule has 0 amide bonds. The summed E-state index contributed by atoms with van der Waals surface area (Å²) >= 11 is 13.8. The Morgan fingerprint density at radius 1 is 0.931 bits per heavy atom. The molecular weight excluding hydrogens is 421 g/mol. The molecule has 0 atom stereocenters. The maximum atomic E-state index is 6.08. The fraction of sp³-hybridized carbons (Fsp3) is 0.130. The number of thioether (sulfide) groups is 1. The third kappa shape index (κ3) is 4.67. The van der Waals surface area contributed by atoms with Crippen molar-refractivity contribution < 1.29 is 0 Å². The van der Waals surface area contributed by atoms with Gasteiger partial charge in [0.2, 0.25) is 0 Å². The highest BCUT2D eigenvalue weighted by atomic mass is 35.5. The van der Waals surface area contributed by atoms with Gasteiger partial charge in [-0.05, 0) is 61.4 Å². The molecule has 0 N–H and O–H groups in total. The molecule has 0 spiro atoms. The van der Waals surface area contributed by atoms with Gasteiger partial charge in [-0.25, -0.2) is 4.98 Å². The zero-order chi connectivity index (χ0) is 20.4. The van der Waals surface area contributed by atoms with E-state index in [1.54, 1.807) is 11.8 Å². The van der Waals surface area contributed by atoms with E-state index < -0.39 is 0 Å². The smallest absolute Gasteiger partial charge is 0.173 e. The molecule has 0 aliphatic rings. The minimum absolute atomic E-state index is 0.709. The van der Waals surface area contributed by atoms with Gasteiger partial charge in [0.1, 0.15) is 0 Å². The summed E-state index contributed by atoms with van der Waals surface area (Å²) in [5.41, 5.74) is 6.36. The van der Waals surface area contributed by atoms with Crippen LogP contribution in [0.15, 0.2) is 72.1 Å². The summed E-state index contributed by atoms with van der Waals surface area (Å²) in [6.45, 7) is 4.16. The maximum Gasteiger partial charge on any atom is 0.173 e. The molecule has 0 bridgehead atoms. The van der Waals surface area contributed by atoms with Crippen molar-refractivity contribution >= 4 is 35.0 Å². The van der Waals surface area contributed by atoms with Crippen LogP contribution in [-0.2, 0) is 5.75 Å². The zero-order valence-corrected chi connectivity index (χ0v) is 18.4. The van der Waals surface area contributed by atoms with Gasteiger partial charge in [0.15, 0.2) is 5.16 Å². The largest absolute Gasteiger partial charge is 0.294 e. The molecule has 0 saturated carbocycles. The van der Waals surface area contributed by atoms with Crippen molar-refractivity contribution in [2.24, 2.45) is 0 Å². The molecule has 2 heterocycles. The predicted octanol–water partition coefficient (Wildman–Crippen LogP) is 7.15. The van der Waals surface area contributed by atoms with E-state index in [-0.39, 0.29) is 0 Å². The van der Waals surface area contributed by atoms with Gasteiger partial charge in [-0.2, -0.15) is 0 Å². The van der Waals surface area contributed by atoms with Crippen molar-refractivity contribution in [2.45, 2.75) is 24.8 Å². The monoisotopic (exact) mass is 439 g/mol. The van der Waals surface area contributed by atoms with Crippen LogP contribution in [0, 0.1) is 13.8 Å². The Kier molecular flexibility index (Phi) is 5.95. The Labute approximate surface area is 184 Å². The lowest BCUT2D eigenvalue weighted by Gasteiger charge is -2.08. The minimum Gasteiger partial charge on any atom is -0.294 e. The van der Waals surface area contributed by atoms with Gasteiger partial charge in [-0.3, -0.25) is 9.55 Å². The molecule has 4 rings (SSSR count). The van der Waals surface area contributed by atoms with Crippen LogP contribution < -0.4 is 0 Å². The molecule has 0 radical (unpaired) electrons. The molecule has 0 saturated heterocycles. The van der Waals surface area contributed by atoms with Crippen LogP contribution >= 0.6 is 35.0 Å². The number of aryl methyl sites for hydroxylation is 2. The number of hydrogen-bond donors (Lipinski definition) is 0. The first-order valence-corrected chi connectivity index (χ1v) is 10.9. The first-order chi connectivity index (χ1) is 14.0. The van der Waals surface area contributed by atoms with Gasteiger partial charge in [0.25, 0.3) is 0 Å². The zero-order valence-electron chi connectivity index (χ0n) is 16.1. The Morgan fingerprint density at radius 2 is 1.59 bits per heavy atom. The highest BCUT2D eigenvalue weighted by molar-refractivity contribution is 7.98. The van der Waals surface area contributed by atoms with Crippen molar-refractivity contribution in [3.8, 4) is 16.9 Å². The molecule has 0 aliphatic carbocycles. The van der Waals surface area contributed by atoms with E-state index in [2.05, 4.69) is 29.5 Å². The Bertz CT molecular complexity index is 1140. The van der Waals surface area contributed by atoms with E-state index >= 15 is 0 Å². The number of aromatic nitrogens is 3. The highest BCUT2D eigenvalue weighted by Gasteiger charge is 2.13. The average molecular weight is 440 g/mol. The van der Waals surface area contributed by atoms with E-state index in [1.807, 2.05) is 60.9 Å². The maximum absolute atomic E-state index is 6.08. The molecule has 4 aromatic rings. The van der Waals surface area contributed by atoms with Crippen molar-refractivity contribution in [3.05, 3.63) is 93.9 Å². The van der Waals surface area contributed by atoms with Crippen LogP contribution in [0.25, 0.3) is 16.9 Å². The summed E-state index contributed by atoms with van der Waals surface area (Å²) in [6.07, 6.45) is 3.96. The Morgan fingerprint density at radius 3 is 2.24 bits per heavy atom. The fourth-order valence-electron chi connectivity index (χ4n) is 3.04. The van der Waals surface area contributed by atoms with Crippen molar-refractivity contribution in [1.82, 2.24) is 14.5 Å². The quantitative estimate of drug-likeness (QED) is 0.309. The molecule has 3 nitrogen and oxygen atoms in total. The molecule has 0 unspecified atom stereocenters. The second kappa shape index (κ2) is 8.62. The topological polar surface area (TPSA) is 30.7 Å². The predicted molar refractivity (Wildman–Crippen MR) is 122 cm³/mol. The van der Waals surface area contributed by atoms with E-state index in [4.69, 9.17) is 28.2 Å². The van der Waals surface area contributed by atoms with Gasteiger partial charge >= 0.3 is 0 Å². The van der Waals surface area contributed by atoms with Crippen molar-refractivity contribution in [1.29, 1.82) is 0 Å². The number of hydrogen-bond acceptors (Lipinski definition) is 3. The second-order valence-electron chi connectivity index (χ2n) is 6.83. The SMILES string of the molecule is Cc1cnc(CSc2nc(-c3ccc(Cl)cc3)cn2-c2ccc(Cl)cc2)c(C)c1. The average Bonchev–Trinajstić information content (AvgIpc) is 3.12.